The van der Waals surface area contributed by atoms with E-state index >= 15 is 0 Å². The Morgan fingerprint density at radius 2 is 1.84 bits per heavy atom. The molecule has 2 amide bonds. The van der Waals surface area contributed by atoms with Gasteiger partial charge >= 0.3 is 0 Å². The molecule has 3 N–H and O–H groups in total. The van der Waals surface area contributed by atoms with Gasteiger partial charge in [-0.3, -0.25) is 9.59 Å². The standard InChI is InChI=1S/C14H27N3O2/c1-11(10-13(18)16-9-8-15-2)17-14(19)12-6-4-3-5-7-12/h11-12,15H,3-10H2,1-2H3,(H,16,18)(H,17,19). The number of likely N-dealkylation sites (N-methyl/N-ethyl adjacent to an activating group) is 1. The summed E-state index contributed by atoms with van der Waals surface area (Å²) in [5.74, 6) is 0.269. The molecule has 1 atom stereocenters. The van der Waals surface area contributed by atoms with Crippen molar-refractivity contribution in [2.24, 2.45) is 5.92 Å². The Hall–Kier alpha value is -1.10. The van der Waals surface area contributed by atoms with E-state index in [4.69, 9.17) is 0 Å². The van der Waals surface area contributed by atoms with Gasteiger partial charge in [-0.05, 0) is 26.8 Å². The van der Waals surface area contributed by atoms with Gasteiger partial charge in [0.25, 0.3) is 0 Å². The smallest absolute Gasteiger partial charge is 0.223 e. The Bertz CT molecular complexity index is 288. The molecular formula is C14H27N3O2. The summed E-state index contributed by atoms with van der Waals surface area (Å²) in [5, 5.41) is 8.74. The first-order valence-electron chi connectivity index (χ1n) is 7.35. The molecule has 1 aliphatic carbocycles. The first-order chi connectivity index (χ1) is 9.13. The molecule has 0 spiro atoms. The van der Waals surface area contributed by atoms with Crippen LogP contribution in [0.15, 0.2) is 0 Å². The maximum Gasteiger partial charge on any atom is 0.223 e. The lowest BCUT2D eigenvalue weighted by Gasteiger charge is -2.23. The van der Waals surface area contributed by atoms with Crippen molar-refractivity contribution in [2.45, 2.75) is 51.5 Å². The minimum Gasteiger partial charge on any atom is -0.355 e. The van der Waals surface area contributed by atoms with Crippen molar-refractivity contribution in [3.8, 4) is 0 Å². The summed E-state index contributed by atoms with van der Waals surface area (Å²) in [4.78, 5) is 23.6. The van der Waals surface area contributed by atoms with Crippen LogP contribution < -0.4 is 16.0 Å². The lowest BCUT2D eigenvalue weighted by molar-refractivity contribution is -0.127. The molecule has 0 aliphatic heterocycles. The second-order valence-corrected chi connectivity index (χ2v) is 5.40. The van der Waals surface area contributed by atoms with Crippen molar-refractivity contribution in [1.29, 1.82) is 0 Å². The third-order valence-electron chi connectivity index (χ3n) is 3.55. The lowest BCUT2D eigenvalue weighted by Crippen LogP contribution is -2.41. The Balaban J connectivity index is 2.20. The van der Waals surface area contributed by atoms with E-state index in [2.05, 4.69) is 16.0 Å². The predicted octanol–water partition coefficient (Wildman–Crippen LogP) is 0.797. The highest BCUT2D eigenvalue weighted by molar-refractivity contribution is 5.81. The molecule has 1 aliphatic rings. The molecule has 5 heteroatoms. The van der Waals surface area contributed by atoms with Crippen LogP contribution in [-0.2, 0) is 9.59 Å². The molecule has 0 aromatic heterocycles. The summed E-state index contributed by atoms with van der Waals surface area (Å²) in [6.07, 6.45) is 5.88. The fourth-order valence-electron chi connectivity index (χ4n) is 2.45. The molecule has 0 radical (unpaired) electrons. The summed E-state index contributed by atoms with van der Waals surface area (Å²) in [7, 11) is 1.85. The second kappa shape index (κ2) is 8.91. The van der Waals surface area contributed by atoms with E-state index < -0.39 is 0 Å². The second-order valence-electron chi connectivity index (χ2n) is 5.40. The zero-order chi connectivity index (χ0) is 14.1. The van der Waals surface area contributed by atoms with Gasteiger partial charge in [0.15, 0.2) is 0 Å². The Labute approximate surface area is 115 Å². The third kappa shape index (κ3) is 6.57. The summed E-state index contributed by atoms with van der Waals surface area (Å²) in [5.41, 5.74) is 0. The van der Waals surface area contributed by atoms with Crippen LogP contribution in [0.3, 0.4) is 0 Å². The minimum atomic E-state index is -0.0935. The van der Waals surface area contributed by atoms with E-state index in [9.17, 15) is 9.59 Å². The molecule has 19 heavy (non-hydrogen) atoms. The predicted molar refractivity (Wildman–Crippen MR) is 75.7 cm³/mol. The maximum absolute atomic E-state index is 12.0. The van der Waals surface area contributed by atoms with Crippen molar-refractivity contribution in [3.63, 3.8) is 0 Å². The number of carbonyl (C=O) groups excluding carboxylic acids is 2. The van der Waals surface area contributed by atoms with Crippen LogP contribution in [0.4, 0.5) is 0 Å². The summed E-state index contributed by atoms with van der Waals surface area (Å²) >= 11 is 0. The summed E-state index contributed by atoms with van der Waals surface area (Å²) in [6.45, 7) is 3.27. The monoisotopic (exact) mass is 269 g/mol. The van der Waals surface area contributed by atoms with E-state index in [0.29, 0.717) is 13.0 Å². The fraction of sp³-hybridized carbons (Fsp3) is 0.857. The molecule has 0 saturated heterocycles. The number of carbonyl (C=O) groups is 2. The van der Waals surface area contributed by atoms with Crippen molar-refractivity contribution >= 4 is 11.8 Å². The number of hydrogen-bond acceptors (Lipinski definition) is 3. The van der Waals surface area contributed by atoms with Gasteiger partial charge in [-0.25, -0.2) is 0 Å². The molecule has 0 aromatic rings. The highest BCUT2D eigenvalue weighted by atomic mass is 16.2. The van der Waals surface area contributed by atoms with Gasteiger partial charge in [-0.15, -0.1) is 0 Å². The first-order valence-corrected chi connectivity index (χ1v) is 7.35. The first kappa shape index (κ1) is 16.0. The lowest BCUT2D eigenvalue weighted by atomic mass is 9.88. The topological polar surface area (TPSA) is 70.2 Å². The van der Waals surface area contributed by atoms with Gasteiger partial charge in [0, 0.05) is 31.5 Å². The molecule has 0 bridgehead atoms. The number of amides is 2. The van der Waals surface area contributed by atoms with E-state index in [-0.39, 0.29) is 23.8 Å². The summed E-state index contributed by atoms with van der Waals surface area (Å²) < 4.78 is 0. The highest BCUT2D eigenvalue weighted by Gasteiger charge is 2.22. The van der Waals surface area contributed by atoms with E-state index in [1.54, 1.807) is 0 Å². The normalized spacial score (nSPS) is 17.8. The summed E-state index contributed by atoms with van der Waals surface area (Å²) in [6, 6.07) is -0.0935. The van der Waals surface area contributed by atoms with Crippen molar-refractivity contribution < 1.29 is 9.59 Å². The van der Waals surface area contributed by atoms with Gasteiger partial charge in [0.2, 0.25) is 11.8 Å². The average molecular weight is 269 g/mol. The van der Waals surface area contributed by atoms with Crippen molar-refractivity contribution in [3.05, 3.63) is 0 Å². The number of nitrogens with one attached hydrogen (secondary N) is 3. The zero-order valence-corrected chi connectivity index (χ0v) is 12.1. The molecule has 0 heterocycles. The molecular weight excluding hydrogens is 242 g/mol. The molecule has 1 rings (SSSR count). The van der Waals surface area contributed by atoms with Crippen molar-refractivity contribution in [2.75, 3.05) is 20.1 Å². The SMILES string of the molecule is CNCCNC(=O)CC(C)NC(=O)C1CCCCC1. The van der Waals surface area contributed by atoms with Crippen molar-refractivity contribution in [1.82, 2.24) is 16.0 Å². The van der Waals surface area contributed by atoms with Gasteiger partial charge in [-0.2, -0.15) is 0 Å². The molecule has 1 saturated carbocycles. The molecule has 0 aromatic carbocycles. The fourth-order valence-corrected chi connectivity index (χ4v) is 2.45. The van der Waals surface area contributed by atoms with Crippen LogP contribution in [-0.4, -0.2) is 38.0 Å². The Morgan fingerprint density at radius 1 is 1.16 bits per heavy atom. The van der Waals surface area contributed by atoms with Crippen LogP contribution in [0.1, 0.15) is 45.4 Å². The quantitative estimate of drug-likeness (QED) is 0.599. The maximum atomic E-state index is 12.0. The molecule has 110 valence electrons. The van der Waals surface area contributed by atoms with Gasteiger partial charge in [-0.1, -0.05) is 19.3 Å². The average Bonchev–Trinajstić information content (AvgIpc) is 2.39. The third-order valence-corrected chi connectivity index (χ3v) is 3.55. The van der Waals surface area contributed by atoms with E-state index in [1.807, 2.05) is 14.0 Å². The number of rotatable bonds is 7. The van der Waals surface area contributed by atoms with E-state index in [0.717, 1.165) is 32.2 Å². The van der Waals surface area contributed by atoms with Crippen LogP contribution in [0.25, 0.3) is 0 Å². The van der Waals surface area contributed by atoms with Gasteiger partial charge in [0.05, 0.1) is 0 Å². The largest absolute Gasteiger partial charge is 0.355 e. The van der Waals surface area contributed by atoms with Crippen LogP contribution in [0.5, 0.6) is 0 Å². The number of hydrogen-bond donors (Lipinski definition) is 3. The molecule has 1 unspecified atom stereocenters. The van der Waals surface area contributed by atoms with Crippen LogP contribution in [0, 0.1) is 5.92 Å². The zero-order valence-electron chi connectivity index (χ0n) is 12.1. The van der Waals surface area contributed by atoms with Gasteiger partial charge in [0.1, 0.15) is 0 Å². The Morgan fingerprint density at radius 3 is 2.47 bits per heavy atom. The highest BCUT2D eigenvalue weighted by Crippen LogP contribution is 2.23. The van der Waals surface area contributed by atoms with Crippen LogP contribution in [0.2, 0.25) is 0 Å². The molecule has 1 fully saturated rings. The minimum absolute atomic E-state index is 0.00769. The van der Waals surface area contributed by atoms with Gasteiger partial charge < -0.3 is 16.0 Å². The Kier molecular flexibility index (Phi) is 7.48. The van der Waals surface area contributed by atoms with Crippen LogP contribution >= 0.6 is 0 Å². The van der Waals surface area contributed by atoms with E-state index in [1.165, 1.54) is 6.42 Å². The molecule has 5 nitrogen and oxygen atoms in total.